The Labute approximate surface area is 207 Å². The minimum absolute atomic E-state index is 0.0271. The molecule has 1 aliphatic rings. The third-order valence-electron chi connectivity index (χ3n) is 6.05. The molecule has 2 amide bonds. The van der Waals surface area contributed by atoms with E-state index < -0.39 is 46.9 Å². The Morgan fingerprint density at radius 1 is 0.943 bits per heavy atom. The monoisotopic (exact) mass is 540 g/mol. The van der Waals surface area contributed by atoms with Gasteiger partial charge in [0, 0.05) is 44.6 Å². The van der Waals surface area contributed by atoms with E-state index in [0.29, 0.717) is 17.7 Å². The Kier molecular flexibility index (Phi) is 7.67. The molecule has 2 atom stereocenters. The summed E-state index contributed by atoms with van der Waals surface area (Å²) in [4.78, 5) is 27.8. The minimum atomic E-state index is -5.08. The molecule has 2 aromatic rings. The number of nitrogens with zero attached hydrogens (tertiary/aromatic N) is 2. The van der Waals surface area contributed by atoms with Gasteiger partial charge in [-0.25, -0.2) is 0 Å². The van der Waals surface area contributed by atoms with Gasteiger partial charge in [-0.15, -0.1) is 0 Å². The van der Waals surface area contributed by atoms with Gasteiger partial charge in [-0.2, -0.15) is 26.3 Å². The van der Waals surface area contributed by atoms with Gasteiger partial charge in [0.05, 0.1) is 21.2 Å². The van der Waals surface area contributed by atoms with Crippen LogP contribution in [0.5, 0.6) is 0 Å². The van der Waals surface area contributed by atoms with Crippen molar-refractivity contribution in [2.75, 3.05) is 20.1 Å². The van der Waals surface area contributed by atoms with Crippen LogP contribution in [-0.2, 0) is 17.1 Å². The van der Waals surface area contributed by atoms with E-state index in [4.69, 9.17) is 23.2 Å². The second kappa shape index (κ2) is 9.89. The zero-order chi connectivity index (χ0) is 26.3. The highest BCUT2D eigenvalue weighted by Crippen LogP contribution is 2.38. The van der Waals surface area contributed by atoms with Crippen LogP contribution in [0.1, 0.15) is 46.3 Å². The number of carbonyl (C=O) groups is 2. The summed E-state index contributed by atoms with van der Waals surface area (Å²) in [6.07, 6.45) is -9.91. The molecule has 0 unspecified atom stereocenters. The second-order valence-corrected chi connectivity index (χ2v) is 9.13. The molecule has 3 rings (SSSR count). The first-order chi connectivity index (χ1) is 16.1. The van der Waals surface area contributed by atoms with E-state index in [1.165, 1.54) is 20.0 Å². The summed E-state index contributed by atoms with van der Waals surface area (Å²) in [7, 11) is 1.31. The fourth-order valence-corrected chi connectivity index (χ4v) is 4.50. The number of benzene rings is 2. The molecule has 0 saturated carbocycles. The van der Waals surface area contributed by atoms with Crippen molar-refractivity contribution in [2.24, 2.45) is 0 Å². The smallest absolute Gasteiger partial charge is 0.342 e. The first-order valence-electron chi connectivity index (χ1n) is 10.4. The van der Waals surface area contributed by atoms with Crippen molar-refractivity contribution in [3.05, 3.63) is 68.7 Å². The molecule has 0 aliphatic carbocycles. The molecule has 1 saturated heterocycles. The van der Waals surface area contributed by atoms with Crippen molar-refractivity contribution < 1.29 is 35.9 Å². The molecule has 35 heavy (non-hydrogen) atoms. The predicted molar refractivity (Wildman–Crippen MR) is 118 cm³/mol. The highest BCUT2D eigenvalue weighted by molar-refractivity contribution is 6.42. The van der Waals surface area contributed by atoms with Crippen LogP contribution < -0.4 is 0 Å². The van der Waals surface area contributed by atoms with Crippen molar-refractivity contribution in [3.63, 3.8) is 0 Å². The summed E-state index contributed by atoms with van der Waals surface area (Å²) in [5, 5.41) is 0.504. The lowest BCUT2D eigenvalue weighted by atomic mass is 9.84. The van der Waals surface area contributed by atoms with Crippen LogP contribution >= 0.6 is 23.2 Å². The summed E-state index contributed by atoms with van der Waals surface area (Å²) >= 11 is 12.1. The summed E-state index contributed by atoms with van der Waals surface area (Å²) in [5.41, 5.74) is -3.26. The number of halogens is 8. The van der Waals surface area contributed by atoms with Gasteiger partial charge in [-0.1, -0.05) is 29.3 Å². The number of alkyl halides is 6. The maximum absolute atomic E-state index is 13.3. The topological polar surface area (TPSA) is 40.6 Å². The molecule has 12 heteroatoms. The molecule has 1 fully saturated rings. The average Bonchev–Trinajstić information content (AvgIpc) is 2.78. The first-order valence-corrected chi connectivity index (χ1v) is 11.1. The van der Waals surface area contributed by atoms with Crippen LogP contribution in [0.15, 0.2) is 36.4 Å². The Hall–Kier alpha value is -2.46. The predicted octanol–water partition coefficient (Wildman–Crippen LogP) is 6.51. The largest absolute Gasteiger partial charge is 0.416 e. The Bertz CT molecular complexity index is 1100. The Morgan fingerprint density at radius 3 is 2.00 bits per heavy atom. The van der Waals surface area contributed by atoms with E-state index in [0.717, 1.165) is 4.90 Å². The molecule has 0 N–H and O–H groups in total. The quantitative estimate of drug-likeness (QED) is 0.416. The maximum Gasteiger partial charge on any atom is 0.416 e. The SMILES string of the molecule is CC(=O)N1CC[C@H](N(C)C(=O)c2cc(C(F)(F)F)cc(C(F)(F)F)c2)[C@H](c2ccc(Cl)c(Cl)c2)C1. The van der Waals surface area contributed by atoms with E-state index in [1.54, 1.807) is 17.0 Å². The molecule has 0 spiro atoms. The normalized spacial score (nSPS) is 19.0. The van der Waals surface area contributed by atoms with Crippen LogP contribution in [-0.4, -0.2) is 47.8 Å². The highest BCUT2D eigenvalue weighted by atomic mass is 35.5. The molecule has 1 heterocycles. The number of rotatable bonds is 3. The molecular formula is C23H20Cl2F6N2O2. The molecular weight excluding hydrogens is 521 g/mol. The van der Waals surface area contributed by atoms with E-state index in [9.17, 15) is 35.9 Å². The molecule has 2 aromatic carbocycles. The van der Waals surface area contributed by atoms with Crippen LogP contribution in [0.25, 0.3) is 0 Å². The third kappa shape index (κ3) is 6.03. The van der Waals surface area contributed by atoms with Gasteiger partial charge >= 0.3 is 12.4 Å². The van der Waals surface area contributed by atoms with Crippen molar-refractivity contribution in [1.82, 2.24) is 9.80 Å². The highest BCUT2D eigenvalue weighted by Gasteiger charge is 2.40. The Balaban J connectivity index is 2.02. The zero-order valence-electron chi connectivity index (χ0n) is 18.5. The van der Waals surface area contributed by atoms with Gasteiger partial charge in [0.1, 0.15) is 0 Å². The minimum Gasteiger partial charge on any atom is -0.342 e. The van der Waals surface area contributed by atoms with E-state index in [1.807, 2.05) is 0 Å². The fourth-order valence-electron chi connectivity index (χ4n) is 4.19. The van der Waals surface area contributed by atoms with Gasteiger partial charge < -0.3 is 9.80 Å². The molecule has 4 nitrogen and oxygen atoms in total. The van der Waals surface area contributed by atoms with E-state index >= 15 is 0 Å². The summed E-state index contributed by atoms with van der Waals surface area (Å²) in [5.74, 6) is -1.73. The summed E-state index contributed by atoms with van der Waals surface area (Å²) in [6.45, 7) is 1.81. The van der Waals surface area contributed by atoms with Gasteiger partial charge in [-0.05, 0) is 42.3 Å². The van der Waals surface area contributed by atoms with Crippen LogP contribution in [0, 0.1) is 0 Å². The zero-order valence-corrected chi connectivity index (χ0v) is 20.0. The molecule has 0 bridgehead atoms. The fraction of sp³-hybridized carbons (Fsp3) is 0.391. The van der Waals surface area contributed by atoms with Crippen molar-refractivity contribution in [2.45, 2.75) is 37.7 Å². The lowest BCUT2D eigenvalue weighted by Crippen LogP contribution is -2.51. The lowest BCUT2D eigenvalue weighted by Gasteiger charge is -2.43. The molecule has 190 valence electrons. The lowest BCUT2D eigenvalue weighted by molar-refractivity contribution is -0.143. The van der Waals surface area contributed by atoms with Crippen LogP contribution in [0.2, 0.25) is 10.0 Å². The van der Waals surface area contributed by atoms with Crippen molar-refractivity contribution in [3.8, 4) is 0 Å². The number of amides is 2. The number of hydrogen-bond donors (Lipinski definition) is 0. The van der Waals surface area contributed by atoms with E-state index in [-0.39, 0.29) is 41.5 Å². The number of likely N-dealkylation sites (N-methyl/N-ethyl adjacent to an activating group) is 1. The van der Waals surface area contributed by atoms with Gasteiger partial charge in [0.25, 0.3) is 5.91 Å². The van der Waals surface area contributed by atoms with Gasteiger partial charge in [0.2, 0.25) is 5.91 Å². The van der Waals surface area contributed by atoms with Crippen molar-refractivity contribution >= 4 is 35.0 Å². The van der Waals surface area contributed by atoms with Gasteiger partial charge in [-0.3, -0.25) is 9.59 Å². The third-order valence-corrected chi connectivity index (χ3v) is 6.78. The number of hydrogen-bond acceptors (Lipinski definition) is 2. The average molecular weight is 541 g/mol. The number of piperidine rings is 1. The van der Waals surface area contributed by atoms with E-state index in [2.05, 4.69) is 0 Å². The number of likely N-dealkylation sites (tertiary alicyclic amines) is 1. The molecule has 0 radical (unpaired) electrons. The molecule has 0 aromatic heterocycles. The summed E-state index contributed by atoms with van der Waals surface area (Å²) in [6, 6.07) is 4.91. The van der Waals surface area contributed by atoms with Crippen LogP contribution in [0.3, 0.4) is 0 Å². The Morgan fingerprint density at radius 2 is 1.51 bits per heavy atom. The van der Waals surface area contributed by atoms with Gasteiger partial charge in [0.15, 0.2) is 0 Å². The summed E-state index contributed by atoms with van der Waals surface area (Å²) < 4.78 is 79.6. The molecule has 1 aliphatic heterocycles. The standard InChI is InChI=1S/C23H20Cl2F6N2O2/c1-12(34)33-6-5-20(17(11-33)13-3-4-18(24)19(25)9-13)32(2)21(35)14-7-15(22(26,27)28)10-16(8-14)23(29,30)31/h3-4,7-10,17,20H,5-6,11H2,1-2H3/t17-,20-/m0/s1. The van der Waals surface area contributed by atoms with Crippen LogP contribution in [0.4, 0.5) is 26.3 Å². The van der Waals surface area contributed by atoms with Crippen molar-refractivity contribution in [1.29, 1.82) is 0 Å². The first kappa shape index (κ1) is 27.1. The second-order valence-electron chi connectivity index (χ2n) is 8.31. The number of carbonyl (C=O) groups excluding carboxylic acids is 2. The maximum atomic E-state index is 13.3.